The van der Waals surface area contributed by atoms with Crippen molar-refractivity contribution in [2.75, 3.05) is 19.0 Å². The van der Waals surface area contributed by atoms with Gasteiger partial charge in [0.05, 0.1) is 5.69 Å². The van der Waals surface area contributed by atoms with Gasteiger partial charge in [0.25, 0.3) is 0 Å². The smallest absolute Gasteiger partial charge is 0.213 e. The van der Waals surface area contributed by atoms with E-state index in [-0.39, 0.29) is 0 Å². The first kappa shape index (κ1) is 12.3. The van der Waals surface area contributed by atoms with E-state index in [2.05, 4.69) is 4.98 Å². The summed E-state index contributed by atoms with van der Waals surface area (Å²) in [4.78, 5) is 5.82. The summed E-state index contributed by atoms with van der Waals surface area (Å²) in [7, 11) is 4.00. The summed E-state index contributed by atoms with van der Waals surface area (Å²) < 4.78 is 12.9. The molecule has 0 N–H and O–H groups in total. The molecule has 0 saturated carbocycles. The molecular weight excluding hydrogens is 227 g/mol. The zero-order valence-corrected chi connectivity index (χ0v) is 10.5. The summed E-state index contributed by atoms with van der Waals surface area (Å²) >= 11 is 0. The van der Waals surface area contributed by atoms with E-state index in [0.717, 1.165) is 11.3 Å². The Morgan fingerprint density at radius 1 is 1.00 bits per heavy atom. The Hall–Kier alpha value is -2.16. The number of rotatable bonds is 3. The van der Waals surface area contributed by atoms with Crippen LogP contribution in [0.4, 0.5) is 10.1 Å². The minimum atomic E-state index is -0.458. The van der Waals surface area contributed by atoms with Gasteiger partial charge in [0.15, 0.2) is 0 Å². The molecule has 0 aliphatic rings. The van der Waals surface area contributed by atoms with Gasteiger partial charge in [-0.2, -0.15) is 4.39 Å². The van der Waals surface area contributed by atoms with Gasteiger partial charge in [0.2, 0.25) is 5.95 Å². The molecule has 1 heterocycles. The number of hydrogen-bond acceptors (Lipinski definition) is 2. The summed E-state index contributed by atoms with van der Waals surface area (Å²) in [6, 6.07) is 12.9. The van der Waals surface area contributed by atoms with Gasteiger partial charge in [-0.1, -0.05) is 24.3 Å². The second kappa shape index (κ2) is 5.45. The van der Waals surface area contributed by atoms with Crippen LogP contribution in [0.3, 0.4) is 0 Å². The molecule has 0 bridgehead atoms. The maximum absolute atomic E-state index is 12.9. The highest BCUT2D eigenvalue weighted by Crippen LogP contribution is 2.14. The van der Waals surface area contributed by atoms with Crippen LogP contribution in [0.5, 0.6) is 0 Å². The molecule has 0 aliphatic heterocycles. The first-order chi connectivity index (χ1) is 8.65. The quantitative estimate of drug-likeness (QED) is 0.766. The van der Waals surface area contributed by atoms with E-state index < -0.39 is 5.95 Å². The maximum Gasteiger partial charge on any atom is 0.213 e. The van der Waals surface area contributed by atoms with Gasteiger partial charge in [-0.15, -0.1) is 0 Å². The maximum atomic E-state index is 12.9. The van der Waals surface area contributed by atoms with E-state index in [1.165, 1.54) is 6.07 Å². The third-order valence-electron chi connectivity index (χ3n) is 2.59. The predicted molar refractivity (Wildman–Crippen MR) is 73.9 cm³/mol. The highest BCUT2D eigenvalue weighted by molar-refractivity contribution is 5.68. The van der Waals surface area contributed by atoms with Gasteiger partial charge in [-0.25, -0.2) is 4.98 Å². The van der Waals surface area contributed by atoms with E-state index in [4.69, 9.17) is 0 Å². The SMILES string of the molecule is CN(C)c1ccc(/C=C/c2cccc(F)n2)cc1. The van der Waals surface area contributed by atoms with Crippen molar-refractivity contribution in [2.24, 2.45) is 0 Å². The standard InChI is InChI=1S/C15H15FN2/c1-18(2)14-10-7-12(8-11-14)6-9-13-4-3-5-15(16)17-13/h3-11H,1-2H3/b9-6+. The van der Waals surface area contributed by atoms with Crippen LogP contribution < -0.4 is 4.90 Å². The number of aromatic nitrogens is 1. The first-order valence-electron chi connectivity index (χ1n) is 5.73. The van der Waals surface area contributed by atoms with Crippen LogP contribution in [0.15, 0.2) is 42.5 Å². The van der Waals surface area contributed by atoms with Crippen molar-refractivity contribution < 1.29 is 4.39 Å². The lowest BCUT2D eigenvalue weighted by Gasteiger charge is -2.11. The Morgan fingerprint density at radius 3 is 2.33 bits per heavy atom. The lowest BCUT2D eigenvalue weighted by Crippen LogP contribution is -2.07. The molecular formula is C15H15FN2. The molecule has 2 nitrogen and oxygen atoms in total. The number of pyridine rings is 1. The number of benzene rings is 1. The van der Waals surface area contributed by atoms with Crippen molar-refractivity contribution in [3.63, 3.8) is 0 Å². The van der Waals surface area contributed by atoms with E-state index >= 15 is 0 Å². The normalized spacial score (nSPS) is 10.8. The fourth-order valence-electron chi connectivity index (χ4n) is 1.58. The molecule has 0 saturated heterocycles. The van der Waals surface area contributed by atoms with Gasteiger partial charge in [-0.05, 0) is 35.9 Å². The van der Waals surface area contributed by atoms with Crippen molar-refractivity contribution in [3.05, 3.63) is 59.7 Å². The van der Waals surface area contributed by atoms with E-state index in [0.29, 0.717) is 5.69 Å². The molecule has 1 aromatic heterocycles. The second-order valence-corrected chi connectivity index (χ2v) is 4.20. The molecule has 18 heavy (non-hydrogen) atoms. The minimum absolute atomic E-state index is 0.458. The fraction of sp³-hybridized carbons (Fsp3) is 0.133. The van der Waals surface area contributed by atoms with Crippen molar-refractivity contribution in [1.82, 2.24) is 4.98 Å². The Bertz CT molecular complexity index is 545. The first-order valence-corrected chi connectivity index (χ1v) is 5.73. The summed E-state index contributed by atoms with van der Waals surface area (Å²) in [5.41, 5.74) is 2.83. The minimum Gasteiger partial charge on any atom is -0.378 e. The number of nitrogens with zero attached hydrogens (tertiary/aromatic N) is 2. The Labute approximate surface area is 106 Å². The van der Waals surface area contributed by atoms with Crippen LogP contribution in [0.25, 0.3) is 12.2 Å². The monoisotopic (exact) mass is 242 g/mol. The van der Waals surface area contributed by atoms with Crippen molar-refractivity contribution >= 4 is 17.8 Å². The average Bonchev–Trinajstić information content (AvgIpc) is 2.37. The van der Waals surface area contributed by atoms with Crippen molar-refractivity contribution in [1.29, 1.82) is 0 Å². The summed E-state index contributed by atoms with van der Waals surface area (Å²) in [6.45, 7) is 0. The molecule has 1 aromatic carbocycles. The lowest BCUT2D eigenvalue weighted by molar-refractivity contribution is 0.583. The Morgan fingerprint density at radius 2 is 1.72 bits per heavy atom. The van der Waals surface area contributed by atoms with Crippen LogP contribution in [0.2, 0.25) is 0 Å². The third-order valence-corrected chi connectivity index (χ3v) is 2.59. The Kier molecular flexibility index (Phi) is 3.72. The van der Waals surface area contributed by atoms with Gasteiger partial charge < -0.3 is 4.90 Å². The zero-order valence-electron chi connectivity index (χ0n) is 10.5. The highest BCUT2D eigenvalue weighted by atomic mass is 19.1. The van der Waals surface area contributed by atoms with Crippen LogP contribution in [0, 0.1) is 5.95 Å². The van der Waals surface area contributed by atoms with Crippen LogP contribution in [-0.4, -0.2) is 19.1 Å². The average molecular weight is 242 g/mol. The third kappa shape index (κ3) is 3.17. The van der Waals surface area contributed by atoms with Gasteiger partial charge >= 0.3 is 0 Å². The zero-order chi connectivity index (χ0) is 13.0. The molecule has 0 radical (unpaired) electrons. The molecule has 3 heteroatoms. The molecule has 0 amide bonds. The van der Waals surface area contributed by atoms with Gasteiger partial charge in [0, 0.05) is 19.8 Å². The van der Waals surface area contributed by atoms with Crippen molar-refractivity contribution in [3.8, 4) is 0 Å². The number of anilines is 1. The van der Waals surface area contributed by atoms with Crippen LogP contribution in [-0.2, 0) is 0 Å². The van der Waals surface area contributed by atoms with Crippen LogP contribution in [0.1, 0.15) is 11.3 Å². The molecule has 92 valence electrons. The predicted octanol–water partition coefficient (Wildman–Crippen LogP) is 3.46. The summed E-state index contributed by atoms with van der Waals surface area (Å²) in [5.74, 6) is -0.458. The number of halogens is 1. The summed E-state index contributed by atoms with van der Waals surface area (Å²) in [6.07, 6.45) is 3.72. The van der Waals surface area contributed by atoms with Gasteiger partial charge in [0.1, 0.15) is 0 Å². The molecule has 0 atom stereocenters. The summed E-state index contributed by atoms with van der Waals surface area (Å²) in [5, 5.41) is 0. The molecule has 2 rings (SSSR count). The van der Waals surface area contributed by atoms with Crippen molar-refractivity contribution in [2.45, 2.75) is 0 Å². The second-order valence-electron chi connectivity index (χ2n) is 4.20. The van der Waals surface area contributed by atoms with E-state index in [1.807, 2.05) is 49.3 Å². The topological polar surface area (TPSA) is 16.1 Å². The van der Waals surface area contributed by atoms with E-state index in [1.54, 1.807) is 18.2 Å². The van der Waals surface area contributed by atoms with Gasteiger partial charge in [-0.3, -0.25) is 0 Å². The molecule has 0 unspecified atom stereocenters. The Balaban J connectivity index is 2.14. The fourth-order valence-corrected chi connectivity index (χ4v) is 1.58. The largest absolute Gasteiger partial charge is 0.378 e. The lowest BCUT2D eigenvalue weighted by atomic mass is 10.1. The molecule has 2 aromatic rings. The molecule has 0 spiro atoms. The highest BCUT2D eigenvalue weighted by Gasteiger charge is 1.95. The number of hydrogen-bond donors (Lipinski definition) is 0. The van der Waals surface area contributed by atoms with E-state index in [9.17, 15) is 4.39 Å². The molecule has 0 fully saturated rings. The molecule has 0 aliphatic carbocycles. The van der Waals surface area contributed by atoms with Crippen LogP contribution >= 0.6 is 0 Å².